The first-order valence-electron chi connectivity index (χ1n) is 9.28. The highest BCUT2D eigenvalue weighted by atomic mass is 32.3. The Balaban J connectivity index is 2.60. The van der Waals surface area contributed by atoms with E-state index in [4.69, 9.17) is 4.74 Å². The zero-order valence-corrected chi connectivity index (χ0v) is 19.1. The summed E-state index contributed by atoms with van der Waals surface area (Å²) in [4.78, 5) is 10.4. The summed E-state index contributed by atoms with van der Waals surface area (Å²) < 4.78 is 98.0. The third-order valence-corrected chi connectivity index (χ3v) is 8.36. The second-order valence-electron chi connectivity index (χ2n) is 7.65. The van der Waals surface area contributed by atoms with Gasteiger partial charge in [-0.05, 0) is 45.0 Å². The van der Waals surface area contributed by atoms with Crippen molar-refractivity contribution in [1.82, 2.24) is 3.71 Å². The van der Waals surface area contributed by atoms with Gasteiger partial charge in [0.15, 0.2) is 0 Å². The molecule has 176 valence electrons. The van der Waals surface area contributed by atoms with Crippen molar-refractivity contribution in [1.29, 1.82) is 0 Å². The minimum absolute atomic E-state index is 0.0934. The number of hydrogen-bond acceptors (Lipinski definition) is 6. The molecule has 7 nitrogen and oxygen atoms in total. The van der Waals surface area contributed by atoms with Gasteiger partial charge in [0.2, 0.25) is 0 Å². The number of benzene rings is 2. The van der Waals surface area contributed by atoms with Gasteiger partial charge < -0.3 is 4.74 Å². The molecule has 2 aromatic carbocycles. The molecule has 0 heterocycles. The molecule has 0 spiro atoms. The minimum atomic E-state index is -5.24. The number of ether oxygens (including phenoxy) is 1. The fourth-order valence-corrected chi connectivity index (χ4v) is 6.55. The summed E-state index contributed by atoms with van der Waals surface area (Å²) in [6.07, 6.45) is -5.76. The fourth-order valence-electron chi connectivity index (χ4n) is 2.69. The summed E-state index contributed by atoms with van der Waals surface area (Å²) in [6.45, 7) is 3.72. The largest absolute Gasteiger partial charge is 0.460 e. The Labute approximate surface area is 184 Å². The molecule has 0 aliphatic rings. The molecule has 32 heavy (non-hydrogen) atoms. The van der Waals surface area contributed by atoms with Crippen LogP contribution in [0.5, 0.6) is 0 Å². The molecule has 0 bridgehead atoms. The van der Waals surface area contributed by atoms with Gasteiger partial charge in [0, 0.05) is 6.54 Å². The predicted molar refractivity (Wildman–Crippen MR) is 109 cm³/mol. The van der Waals surface area contributed by atoms with Crippen molar-refractivity contribution < 1.29 is 39.5 Å². The topological polar surface area (TPSA) is 97.8 Å². The Kier molecular flexibility index (Phi) is 7.42. The number of esters is 1. The van der Waals surface area contributed by atoms with Crippen LogP contribution < -0.4 is 0 Å². The monoisotopic (exact) mass is 493 g/mol. The van der Waals surface area contributed by atoms with Gasteiger partial charge in [-0.15, -0.1) is 0 Å². The van der Waals surface area contributed by atoms with Crippen LogP contribution in [0.4, 0.5) is 13.2 Å². The maximum Gasteiger partial charge on any atom is 0.417 e. The Bertz CT molecular complexity index is 1170. The molecule has 0 amide bonds. The van der Waals surface area contributed by atoms with Crippen molar-refractivity contribution in [2.24, 2.45) is 0 Å². The lowest BCUT2D eigenvalue weighted by Crippen LogP contribution is -2.39. The molecule has 2 rings (SSSR count). The van der Waals surface area contributed by atoms with Crippen molar-refractivity contribution in [2.75, 3.05) is 6.54 Å². The molecule has 0 atom stereocenters. The van der Waals surface area contributed by atoms with Crippen molar-refractivity contribution in [3.05, 3.63) is 60.2 Å². The summed E-state index contributed by atoms with van der Waals surface area (Å²) in [6, 6.07) is 9.57. The highest BCUT2D eigenvalue weighted by Crippen LogP contribution is 2.36. The van der Waals surface area contributed by atoms with E-state index in [1.807, 2.05) is 0 Å². The summed E-state index contributed by atoms with van der Waals surface area (Å²) in [5.74, 6) is -0.912. The molecule has 0 unspecified atom stereocenters. The molecule has 0 aliphatic carbocycles. The van der Waals surface area contributed by atoms with Gasteiger partial charge in [0.25, 0.3) is 20.0 Å². The standard InChI is InChI=1S/C20H22F3NO6S2/c1-19(2,3)30-18(25)13-14-24(31(26,27)15-9-5-4-6-10-15)32(28,29)17-12-8-7-11-16(17)20(21,22)23/h4-12H,13-14H2,1-3H3. The number of nitrogens with zero attached hydrogens (tertiary/aromatic N) is 1. The van der Waals surface area contributed by atoms with E-state index in [2.05, 4.69) is 0 Å². The van der Waals surface area contributed by atoms with Crippen LogP contribution in [-0.4, -0.2) is 38.7 Å². The maximum atomic E-state index is 13.5. The fraction of sp³-hybridized carbons (Fsp3) is 0.350. The zero-order valence-electron chi connectivity index (χ0n) is 17.5. The van der Waals surface area contributed by atoms with Crippen LogP contribution in [-0.2, 0) is 35.8 Å². The molecular formula is C20H22F3NO6S2. The Morgan fingerprint density at radius 2 is 1.41 bits per heavy atom. The second kappa shape index (κ2) is 9.20. The number of alkyl halides is 3. The van der Waals surface area contributed by atoms with E-state index >= 15 is 0 Å². The highest BCUT2D eigenvalue weighted by Gasteiger charge is 2.43. The molecule has 0 radical (unpaired) electrons. The van der Waals surface area contributed by atoms with Crippen LogP contribution in [0.3, 0.4) is 0 Å². The van der Waals surface area contributed by atoms with Crippen LogP contribution in [0.15, 0.2) is 64.4 Å². The summed E-state index contributed by atoms with van der Waals surface area (Å²) in [5.41, 5.74) is -2.45. The van der Waals surface area contributed by atoms with Gasteiger partial charge in [0.1, 0.15) is 5.60 Å². The molecule has 0 N–H and O–H groups in total. The first-order valence-corrected chi connectivity index (χ1v) is 12.2. The lowest BCUT2D eigenvalue weighted by atomic mass is 10.2. The first kappa shape index (κ1) is 25.8. The average molecular weight is 494 g/mol. The molecule has 0 aromatic heterocycles. The third kappa shape index (κ3) is 6.08. The minimum Gasteiger partial charge on any atom is -0.460 e. The van der Waals surface area contributed by atoms with E-state index < -0.39 is 66.1 Å². The molecule has 0 fully saturated rings. The predicted octanol–water partition coefficient (Wildman–Crippen LogP) is 3.82. The third-order valence-electron chi connectivity index (χ3n) is 3.97. The van der Waals surface area contributed by atoms with E-state index in [0.29, 0.717) is 12.1 Å². The molecule has 0 aliphatic heterocycles. The summed E-state index contributed by atoms with van der Waals surface area (Å²) in [7, 11) is -10.1. The van der Waals surface area contributed by atoms with Crippen LogP contribution in [0, 0.1) is 0 Å². The van der Waals surface area contributed by atoms with Crippen LogP contribution >= 0.6 is 0 Å². The van der Waals surface area contributed by atoms with Crippen LogP contribution in [0.1, 0.15) is 32.8 Å². The van der Waals surface area contributed by atoms with Crippen molar-refractivity contribution in [3.63, 3.8) is 0 Å². The Morgan fingerprint density at radius 1 is 0.875 bits per heavy atom. The Hall–Kier alpha value is -2.44. The smallest absolute Gasteiger partial charge is 0.417 e. The van der Waals surface area contributed by atoms with Crippen LogP contribution in [0.2, 0.25) is 0 Å². The van der Waals surface area contributed by atoms with Crippen molar-refractivity contribution in [3.8, 4) is 0 Å². The zero-order chi connectivity index (χ0) is 24.4. The molecular weight excluding hydrogens is 471 g/mol. The lowest BCUT2D eigenvalue weighted by molar-refractivity contribution is -0.154. The first-order chi connectivity index (χ1) is 14.6. The van der Waals surface area contributed by atoms with Gasteiger partial charge in [-0.25, -0.2) is 16.8 Å². The summed E-state index contributed by atoms with van der Waals surface area (Å²) >= 11 is 0. The molecule has 2 aromatic rings. The number of carbonyl (C=O) groups is 1. The van der Waals surface area contributed by atoms with Gasteiger partial charge in [-0.2, -0.15) is 13.2 Å². The number of rotatable bonds is 7. The number of hydrogen-bond donors (Lipinski definition) is 0. The second-order valence-corrected chi connectivity index (χ2v) is 11.6. The van der Waals surface area contributed by atoms with E-state index in [1.54, 1.807) is 20.8 Å². The highest BCUT2D eigenvalue weighted by molar-refractivity contribution is 8.04. The summed E-state index contributed by atoms with van der Waals surface area (Å²) in [5, 5.41) is 0. The Morgan fingerprint density at radius 3 is 1.94 bits per heavy atom. The number of halogens is 3. The normalized spacial score (nSPS) is 13.2. The van der Waals surface area contributed by atoms with Gasteiger partial charge in [0.05, 0.1) is 21.8 Å². The lowest BCUT2D eigenvalue weighted by Gasteiger charge is -2.24. The van der Waals surface area contributed by atoms with Gasteiger partial charge in [-0.1, -0.05) is 34.0 Å². The maximum absolute atomic E-state index is 13.5. The number of carbonyl (C=O) groups excluding carboxylic acids is 1. The van der Waals surface area contributed by atoms with E-state index in [1.165, 1.54) is 18.2 Å². The van der Waals surface area contributed by atoms with Crippen molar-refractivity contribution in [2.45, 2.75) is 48.8 Å². The molecule has 12 heteroatoms. The van der Waals surface area contributed by atoms with Gasteiger partial charge in [-0.3, -0.25) is 4.79 Å². The molecule has 0 saturated heterocycles. The van der Waals surface area contributed by atoms with Crippen molar-refractivity contribution >= 4 is 26.0 Å². The molecule has 0 saturated carbocycles. The van der Waals surface area contributed by atoms with E-state index in [9.17, 15) is 34.8 Å². The average Bonchev–Trinajstić information content (AvgIpc) is 2.66. The van der Waals surface area contributed by atoms with E-state index in [0.717, 1.165) is 24.3 Å². The SMILES string of the molecule is CC(C)(C)OC(=O)CCN(S(=O)(=O)c1ccccc1)S(=O)(=O)c1ccccc1C(F)(F)F. The van der Waals surface area contributed by atoms with E-state index in [-0.39, 0.29) is 3.71 Å². The van der Waals surface area contributed by atoms with Crippen LogP contribution in [0.25, 0.3) is 0 Å². The number of sulfonamides is 2. The quantitative estimate of drug-likeness (QED) is 0.544. The van der Waals surface area contributed by atoms with Gasteiger partial charge >= 0.3 is 12.1 Å².